The van der Waals surface area contributed by atoms with Crippen LogP contribution in [-0.4, -0.2) is 60.1 Å². The van der Waals surface area contributed by atoms with E-state index in [9.17, 15) is 14.9 Å². The Morgan fingerprint density at radius 2 is 1.94 bits per heavy atom. The fourth-order valence-electron chi connectivity index (χ4n) is 3.71. The van der Waals surface area contributed by atoms with Crippen molar-refractivity contribution in [1.82, 2.24) is 9.88 Å². The number of nitro benzene ring substituents is 1. The Morgan fingerprint density at radius 1 is 1.23 bits per heavy atom. The molecule has 1 aliphatic rings. The largest absolute Gasteiger partial charge is 0.379 e. The summed E-state index contributed by atoms with van der Waals surface area (Å²) in [5.41, 5.74) is 3.51. The van der Waals surface area contributed by atoms with Gasteiger partial charge in [0.2, 0.25) is 0 Å². The van der Waals surface area contributed by atoms with Crippen molar-refractivity contribution in [3.05, 3.63) is 63.2 Å². The SMILES string of the molecule is Cc1cc(C)c2sc(N(CCN3CCOCC3)C(=O)c3ccc([N+](=O)[O-])cc3)nc2c1. The number of anilines is 1. The quantitative estimate of drug-likeness (QED) is 0.428. The van der Waals surface area contributed by atoms with Crippen molar-refractivity contribution in [2.24, 2.45) is 0 Å². The van der Waals surface area contributed by atoms with Crippen LogP contribution in [0.3, 0.4) is 0 Å². The molecular weight excluding hydrogens is 416 g/mol. The van der Waals surface area contributed by atoms with Crippen LogP contribution in [-0.2, 0) is 4.74 Å². The number of benzene rings is 2. The molecule has 1 aliphatic heterocycles. The molecule has 4 rings (SSSR count). The fourth-order valence-corrected chi connectivity index (χ4v) is 4.75. The number of aryl methyl sites for hydroxylation is 2. The molecule has 1 saturated heterocycles. The minimum absolute atomic E-state index is 0.0393. The number of carbonyl (C=O) groups excluding carboxylic acids is 1. The maximum absolute atomic E-state index is 13.4. The van der Waals surface area contributed by atoms with Crippen molar-refractivity contribution >= 4 is 38.3 Å². The molecule has 1 amide bonds. The molecule has 2 aromatic carbocycles. The standard InChI is InChI=1S/C22H24N4O4S/c1-15-13-16(2)20-19(14-15)23-22(31-20)25(8-7-24-9-11-30-12-10-24)21(27)17-3-5-18(6-4-17)26(28)29/h3-6,13-14H,7-12H2,1-2H3. The van der Waals surface area contributed by atoms with Gasteiger partial charge in [-0.3, -0.25) is 24.7 Å². The highest BCUT2D eigenvalue weighted by Crippen LogP contribution is 2.33. The van der Waals surface area contributed by atoms with Gasteiger partial charge < -0.3 is 4.74 Å². The van der Waals surface area contributed by atoms with Crippen LogP contribution in [0, 0.1) is 24.0 Å². The number of ether oxygens (including phenoxy) is 1. The lowest BCUT2D eigenvalue weighted by atomic mass is 10.1. The number of fused-ring (bicyclic) bond motifs is 1. The molecule has 0 atom stereocenters. The first-order valence-corrected chi connectivity index (χ1v) is 11.0. The van der Waals surface area contributed by atoms with Gasteiger partial charge in [-0.15, -0.1) is 0 Å². The van der Waals surface area contributed by atoms with Crippen LogP contribution in [0.25, 0.3) is 10.2 Å². The molecule has 0 spiro atoms. The monoisotopic (exact) mass is 440 g/mol. The van der Waals surface area contributed by atoms with Gasteiger partial charge in [-0.2, -0.15) is 0 Å². The van der Waals surface area contributed by atoms with Crippen LogP contribution in [0.1, 0.15) is 21.5 Å². The predicted molar refractivity (Wildman–Crippen MR) is 121 cm³/mol. The van der Waals surface area contributed by atoms with E-state index >= 15 is 0 Å². The number of aromatic nitrogens is 1. The van der Waals surface area contributed by atoms with E-state index in [0.717, 1.165) is 34.4 Å². The Morgan fingerprint density at radius 3 is 2.61 bits per heavy atom. The van der Waals surface area contributed by atoms with Gasteiger partial charge in [0.05, 0.1) is 28.4 Å². The Labute approximate surface area is 184 Å². The van der Waals surface area contributed by atoms with Gasteiger partial charge in [0, 0.05) is 43.9 Å². The van der Waals surface area contributed by atoms with Crippen molar-refractivity contribution in [1.29, 1.82) is 0 Å². The van der Waals surface area contributed by atoms with Crippen LogP contribution in [0.4, 0.5) is 10.8 Å². The molecule has 0 radical (unpaired) electrons. The predicted octanol–water partition coefficient (Wildman–Crippen LogP) is 3.80. The molecule has 3 aromatic rings. The Bertz CT molecular complexity index is 1110. The number of nitro groups is 1. The third-order valence-corrected chi connectivity index (χ3v) is 6.58. The van der Waals surface area contributed by atoms with E-state index in [-0.39, 0.29) is 11.6 Å². The second kappa shape index (κ2) is 9.09. The van der Waals surface area contributed by atoms with Gasteiger partial charge in [-0.05, 0) is 43.2 Å². The minimum atomic E-state index is -0.469. The number of thiazole rings is 1. The molecule has 0 aliphatic carbocycles. The Balaban J connectivity index is 1.65. The summed E-state index contributed by atoms with van der Waals surface area (Å²) >= 11 is 1.50. The van der Waals surface area contributed by atoms with Gasteiger partial charge in [0.1, 0.15) is 0 Å². The number of hydrogen-bond donors (Lipinski definition) is 0. The van der Waals surface area contributed by atoms with Gasteiger partial charge in [-0.25, -0.2) is 4.98 Å². The van der Waals surface area contributed by atoms with Crippen molar-refractivity contribution in [2.75, 3.05) is 44.3 Å². The molecule has 0 unspecified atom stereocenters. The number of non-ortho nitro benzene ring substituents is 1. The summed E-state index contributed by atoms with van der Waals surface area (Å²) in [7, 11) is 0. The number of nitrogens with zero attached hydrogens (tertiary/aromatic N) is 4. The normalized spacial score (nSPS) is 14.6. The van der Waals surface area contributed by atoms with Gasteiger partial charge in [0.15, 0.2) is 5.13 Å². The topological polar surface area (TPSA) is 88.8 Å². The Hall–Kier alpha value is -2.88. The zero-order chi connectivity index (χ0) is 22.0. The first kappa shape index (κ1) is 21.4. The minimum Gasteiger partial charge on any atom is -0.379 e. The highest BCUT2D eigenvalue weighted by molar-refractivity contribution is 7.22. The van der Waals surface area contributed by atoms with Crippen LogP contribution in [0.15, 0.2) is 36.4 Å². The summed E-state index contributed by atoms with van der Waals surface area (Å²) in [6.45, 7) is 8.31. The van der Waals surface area contributed by atoms with E-state index in [2.05, 4.69) is 11.0 Å². The third kappa shape index (κ3) is 4.73. The molecule has 0 saturated carbocycles. The van der Waals surface area contributed by atoms with E-state index < -0.39 is 4.92 Å². The summed E-state index contributed by atoms with van der Waals surface area (Å²) < 4.78 is 6.48. The summed E-state index contributed by atoms with van der Waals surface area (Å²) in [6.07, 6.45) is 0. The number of rotatable bonds is 6. The zero-order valence-corrected chi connectivity index (χ0v) is 18.4. The average molecular weight is 441 g/mol. The number of carbonyl (C=O) groups is 1. The van der Waals surface area contributed by atoms with Crippen LogP contribution >= 0.6 is 11.3 Å². The van der Waals surface area contributed by atoms with E-state index in [1.54, 1.807) is 4.90 Å². The third-order valence-electron chi connectivity index (χ3n) is 5.35. The van der Waals surface area contributed by atoms with E-state index in [1.807, 2.05) is 19.9 Å². The second-order valence-electron chi connectivity index (χ2n) is 7.64. The molecule has 1 aromatic heterocycles. The van der Waals surface area contributed by atoms with Crippen LogP contribution in [0.5, 0.6) is 0 Å². The number of hydrogen-bond acceptors (Lipinski definition) is 7. The fraction of sp³-hybridized carbons (Fsp3) is 0.364. The summed E-state index contributed by atoms with van der Waals surface area (Å²) in [6, 6.07) is 9.87. The number of morpholine rings is 1. The first-order chi connectivity index (χ1) is 14.9. The smallest absolute Gasteiger partial charge is 0.269 e. The summed E-state index contributed by atoms with van der Waals surface area (Å²) in [5, 5.41) is 11.6. The van der Waals surface area contributed by atoms with Crippen molar-refractivity contribution in [2.45, 2.75) is 13.8 Å². The molecule has 162 valence electrons. The van der Waals surface area contributed by atoms with E-state index in [0.29, 0.717) is 37.0 Å². The molecule has 0 N–H and O–H groups in total. The lowest BCUT2D eigenvalue weighted by Gasteiger charge is -2.29. The van der Waals surface area contributed by atoms with Crippen LogP contribution in [0.2, 0.25) is 0 Å². The van der Waals surface area contributed by atoms with E-state index in [1.165, 1.54) is 35.6 Å². The second-order valence-corrected chi connectivity index (χ2v) is 8.62. The highest BCUT2D eigenvalue weighted by atomic mass is 32.1. The lowest BCUT2D eigenvalue weighted by molar-refractivity contribution is -0.384. The van der Waals surface area contributed by atoms with Gasteiger partial charge in [0.25, 0.3) is 11.6 Å². The maximum atomic E-state index is 13.4. The summed E-state index contributed by atoms with van der Waals surface area (Å²) in [4.78, 5) is 32.6. The molecule has 31 heavy (non-hydrogen) atoms. The summed E-state index contributed by atoms with van der Waals surface area (Å²) in [5.74, 6) is -0.211. The number of amides is 1. The molecule has 0 bridgehead atoms. The van der Waals surface area contributed by atoms with Gasteiger partial charge >= 0.3 is 0 Å². The average Bonchev–Trinajstić information content (AvgIpc) is 3.18. The van der Waals surface area contributed by atoms with Crippen molar-refractivity contribution < 1.29 is 14.5 Å². The van der Waals surface area contributed by atoms with Crippen molar-refractivity contribution in [3.8, 4) is 0 Å². The first-order valence-electron chi connectivity index (χ1n) is 10.2. The molecule has 8 nitrogen and oxygen atoms in total. The highest BCUT2D eigenvalue weighted by Gasteiger charge is 2.24. The molecule has 2 heterocycles. The molecular formula is C22H24N4O4S. The Kier molecular flexibility index (Phi) is 6.26. The molecule has 1 fully saturated rings. The van der Waals surface area contributed by atoms with Crippen LogP contribution < -0.4 is 4.90 Å². The van der Waals surface area contributed by atoms with E-state index in [4.69, 9.17) is 9.72 Å². The van der Waals surface area contributed by atoms with Gasteiger partial charge in [-0.1, -0.05) is 17.4 Å². The molecule has 9 heteroatoms. The van der Waals surface area contributed by atoms with Crippen molar-refractivity contribution in [3.63, 3.8) is 0 Å². The zero-order valence-electron chi connectivity index (χ0n) is 17.5. The lowest BCUT2D eigenvalue weighted by Crippen LogP contribution is -2.43. The maximum Gasteiger partial charge on any atom is 0.269 e.